The van der Waals surface area contributed by atoms with E-state index in [-0.39, 0.29) is 0 Å². The van der Waals surface area contributed by atoms with Gasteiger partial charge >= 0.3 is 0 Å². The van der Waals surface area contributed by atoms with Crippen molar-refractivity contribution >= 4 is 0 Å². The van der Waals surface area contributed by atoms with Gasteiger partial charge in [0.25, 0.3) is 0 Å². The topological polar surface area (TPSA) is 12.9 Å². The van der Waals surface area contributed by atoms with Crippen molar-refractivity contribution in [3.63, 3.8) is 0 Å². The normalized spacial score (nSPS) is 15.2. The quantitative estimate of drug-likeness (QED) is 0.713. The lowest BCUT2D eigenvalue weighted by Crippen LogP contribution is -1.90. The van der Waals surface area contributed by atoms with Crippen molar-refractivity contribution in [3.05, 3.63) is 54.4 Å². The average Bonchev–Trinajstić information content (AvgIpc) is 3.14. The van der Waals surface area contributed by atoms with Crippen molar-refractivity contribution in [2.24, 2.45) is 0 Å². The van der Waals surface area contributed by atoms with E-state index in [4.69, 9.17) is 0 Å². The van der Waals surface area contributed by atoms with Gasteiger partial charge in [-0.2, -0.15) is 0 Å². The molecule has 15 heavy (non-hydrogen) atoms. The van der Waals surface area contributed by atoms with E-state index in [0.29, 0.717) is 5.92 Å². The SMILES string of the molecule is c1ccc(-c2cccnc2C2CC2)cc1. The fraction of sp³-hybridized carbons (Fsp3) is 0.214. The van der Waals surface area contributed by atoms with Crippen LogP contribution in [0.1, 0.15) is 24.5 Å². The maximum atomic E-state index is 4.52. The lowest BCUT2D eigenvalue weighted by Gasteiger charge is -2.06. The smallest absolute Gasteiger partial charge is 0.0512 e. The van der Waals surface area contributed by atoms with Crippen LogP contribution in [0.25, 0.3) is 11.1 Å². The minimum absolute atomic E-state index is 0.710. The second-order valence-corrected chi connectivity index (χ2v) is 4.08. The number of pyridine rings is 1. The van der Waals surface area contributed by atoms with Crippen LogP contribution in [0.3, 0.4) is 0 Å². The molecule has 0 atom stereocenters. The lowest BCUT2D eigenvalue weighted by atomic mass is 10.0. The summed E-state index contributed by atoms with van der Waals surface area (Å²) in [6, 6.07) is 14.7. The second kappa shape index (κ2) is 3.50. The van der Waals surface area contributed by atoms with Crippen molar-refractivity contribution in [2.45, 2.75) is 18.8 Å². The minimum Gasteiger partial charge on any atom is -0.260 e. The standard InChI is InChI=1S/C14H13N/c1-2-5-11(6-3-1)13-7-4-10-15-14(13)12-8-9-12/h1-7,10,12H,8-9H2. The van der Waals surface area contributed by atoms with Crippen molar-refractivity contribution in [1.29, 1.82) is 0 Å². The fourth-order valence-corrected chi connectivity index (χ4v) is 1.96. The third-order valence-electron chi connectivity index (χ3n) is 2.89. The van der Waals surface area contributed by atoms with Gasteiger partial charge in [0.1, 0.15) is 0 Å². The number of aromatic nitrogens is 1. The molecular weight excluding hydrogens is 182 g/mol. The van der Waals surface area contributed by atoms with Gasteiger partial charge < -0.3 is 0 Å². The van der Waals surface area contributed by atoms with E-state index in [1.54, 1.807) is 0 Å². The molecule has 1 saturated carbocycles. The zero-order valence-electron chi connectivity index (χ0n) is 8.56. The molecule has 0 bridgehead atoms. The molecule has 0 aliphatic heterocycles. The Kier molecular flexibility index (Phi) is 2.02. The van der Waals surface area contributed by atoms with Gasteiger partial charge in [0.15, 0.2) is 0 Å². The molecular formula is C14H13N. The molecule has 1 heteroatoms. The molecule has 0 amide bonds. The monoisotopic (exact) mass is 195 g/mol. The molecule has 2 aromatic rings. The summed E-state index contributed by atoms with van der Waals surface area (Å²) in [6.45, 7) is 0. The van der Waals surface area contributed by atoms with Crippen molar-refractivity contribution in [3.8, 4) is 11.1 Å². The van der Waals surface area contributed by atoms with Gasteiger partial charge in [-0.25, -0.2) is 0 Å². The van der Waals surface area contributed by atoms with Crippen LogP contribution in [0.2, 0.25) is 0 Å². The van der Waals surface area contributed by atoms with Gasteiger partial charge in [-0.15, -0.1) is 0 Å². The Morgan fingerprint density at radius 1 is 0.933 bits per heavy atom. The Bertz CT molecular complexity index is 458. The highest BCUT2D eigenvalue weighted by Crippen LogP contribution is 2.42. The van der Waals surface area contributed by atoms with Crippen molar-refractivity contribution < 1.29 is 0 Å². The van der Waals surface area contributed by atoms with E-state index in [2.05, 4.69) is 41.4 Å². The highest BCUT2D eigenvalue weighted by atomic mass is 14.7. The first kappa shape index (κ1) is 8.66. The van der Waals surface area contributed by atoms with E-state index in [1.165, 1.54) is 29.7 Å². The second-order valence-electron chi connectivity index (χ2n) is 4.08. The molecule has 1 heterocycles. The Morgan fingerprint density at radius 2 is 1.73 bits per heavy atom. The molecule has 74 valence electrons. The predicted octanol–water partition coefficient (Wildman–Crippen LogP) is 3.63. The Hall–Kier alpha value is -1.63. The molecule has 0 N–H and O–H groups in total. The molecule has 3 rings (SSSR count). The molecule has 1 aliphatic carbocycles. The van der Waals surface area contributed by atoms with Crippen LogP contribution in [0, 0.1) is 0 Å². The van der Waals surface area contributed by atoms with Crippen LogP contribution in [0.4, 0.5) is 0 Å². The molecule has 0 spiro atoms. The number of hydrogen-bond donors (Lipinski definition) is 0. The summed E-state index contributed by atoms with van der Waals surface area (Å²) in [5.74, 6) is 0.710. The van der Waals surface area contributed by atoms with Crippen LogP contribution in [0.5, 0.6) is 0 Å². The van der Waals surface area contributed by atoms with Crippen molar-refractivity contribution in [1.82, 2.24) is 4.98 Å². The van der Waals surface area contributed by atoms with Gasteiger partial charge in [0, 0.05) is 17.7 Å². The summed E-state index contributed by atoms with van der Waals surface area (Å²) < 4.78 is 0. The summed E-state index contributed by atoms with van der Waals surface area (Å²) >= 11 is 0. The van der Waals surface area contributed by atoms with Gasteiger partial charge in [0.2, 0.25) is 0 Å². The third-order valence-corrected chi connectivity index (χ3v) is 2.89. The Labute approximate surface area is 89.8 Å². The van der Waals surface area contributed by atoms with Crippen LogP contribution >= 0.6 is 0 Å². The third kappa shape index (κ3) is 1.65. The van der Waals surface area contributed by atoms with Crippen LogP contribution in [-0.2, 0) is 0 Å². The summed E-state index contributed by atoms with van der Waals surface area (Å²) in [5, 5.41) is 0. The first-order chi connectivity index (χ1) is 7.45. The predicted molar refractivity (Wildman–Crippen MR) is 61.6 cm³/mol. The summed E-state index contributed by atoms with van der Waals surface area (Å²) in [6.07, 6.45) is 4.51. The van der Waals surface area contributed by atoms with Crippen LogP contribution in [0.15, 0.2) is 48.7 Å². The summed E-state index contributed by atoms with van der Waals surface area (Å²) in [4.78, 5) is 4.52. The maximum Gasteiger partial charge on any atom is 0.0512 e. The molecule has 1 nitrogen and oxygen atoms in total. The molecule has 1 aliphatic rings. The first-order valence-electron chi connectivity index (χ1n) is 5.45. The molecule has 1 aromatic heterocycles. The Balaban J connectivity index is 2.11. The lowest BCUT2D eigenvalue weighted by molar-refractivity contribution is 1.03. The van der Waals surface area contributed by atoms with E-state index >= 15 is 0 Å². The number of benzene rings is 1. The van der Waals surface area contributed by atoms with E-state index in [9.17, 15) is 0 Å². The van der Waals surface area contributed by atoms with Crippen LogP contribution < -0.4 is 0 Å². The fourth-order valence-electron chi connectivity index (χ4n) is 1.96. The number of hydrogen-bond acceptors (Lipinski definition) is 1. The molecule has 0 saturated heterocycles. The number of rotatable bonds is 2. The van der Waals surface area contributed by atoms with E-state index < -0.39 is 0 Å². The van der Waals surface area contributed by atoms with Gasteiger partial charge in [-0.3, -0.25) is 4.98 Å². The molecule has 1 aromatic carbocycles. The number of nitrogens with zero attached hydrogens (tertiary/aromatic N) is 1. The largest absolute Gasteiger partial charge is 0.260 e. The first-order valence-corrected chi connectivity index (χ1v) is 5.45. The summed E-state index contributed by atoms with van der Waals surface area (Å²) in [5.41, 5.74) is 3.87. The van der Waals surface area contributed by atoms with Gasteiger partial charge in [-0.1, -0.05) is 36.4 Å². The molecule has 1 fully saturated rings. The Morgan fingerprint density at radius 3 is 2.47 bits per heavy atom. The average molecular weight is 195 g/mol. The zero-order chi connectivity index (χ0) is 10.1. The van der Waals surface area contributed by atoms with Crippen LogP contribution in [-0.4, -0.2) is 4.98 Å². The van der Waals surface area contributed by atoms with Gasteiger partial charge in [0.05, 0.1) is 5.69 Å². The molecule has 0 unspecified atom stereocenters. The minimum atomic E-state index is 0.710. The maximum absolute atomic E-state index is 4.52. The summed E-state index contributed by atoms with van der Waals surface area (Å²) in [7, 11) is 0. The highest BCUT2D eigenvalue weighted by molar-refractivity contribution is 5.66. The van der Waals surface area contributed by atoms with E-state index in [0.717, 1.165) is 0 Å². The van der Waals surface area contributed by atoms with Crippen molar-refractivity contribution in [2.75, 3.05) is 0 Å². The van der Waals surface area contributed by atoms with Gasteiger partial charge in [-0.05, 0) is 24.5 Å². The zero-order valence-corrected chi connectivity index (χ0v) is 8.56. The highest BCUT2D eigenvalue weighted by Gasteiger charge is 2.27. The van der Waals surface area contributed by atoms with E-state index in [1.807, 2.05) is 12.3 Å². The molecule has 0 radical (unpaired) electrons.